The molecule has 0 radical (unpaired) electrons. The molecule has 1 aliphatic rings. The van der Waals surface area contributed by atoms with E-state index in [1.807, 2.05) is 42.5 Å². The van der Waals surface area contributed by atoms with Crippen LogP contribution in [0.2, 0.25) is 0 Å². The molecule has 0 spiro atoms. The number of hydrogen-bond donors (Lipinski definition) is 0. The van der Waals surface area contributed by atoms with Gasteiger partial charge in [0.25, 0.3) is 0 Å². The Balaban J connectivity index is 1.04. The van der Waals surface area contributed by atoms with Crippen molar-refractivity contribution in [1.82, 2.24) is 0 Å². The molecule has 1 aliphatic carbocycles. The standard InChI is InChI=1S/C68H32F4/c69-38-14-8-33(9-15-38)56-48-7-3-6-42-53-32-41(72)20-21-47(53)64(61(42)48)68-52-29-25-46-44-24-28-51-62-50(27-23-43(59(44)62)45-22-26-49(65(56)68)63(52)60(45)46)66-57(34-10-16-39(70)17-11-34)54-30-36-4-1-2-5-37(36)31-55(54)58(67(51)66)35-12-18-40(71)19-13-35/h1-32H. The SMILES string of the molecule is Fc1ccc(-c2c3c(c(-c4ccc(F)cc4)c4cc5ccccc5cc24)-c2ccc4c5ccc6c7c(ccc(c8ccc-3c2c84)c57)c2c(-c3ccc(F)cc3)c3cccc4c5cc(F)ccc5c(c34)c62)cc1. The highest BCUT2D eigenvalue weighted by Gasteiger charge is 2.34. The van der Waals surface area contributed by atoms with E-state index in [9.17, 15) is 13.2 Å². The lowest BCUT2D eigenvalue weighted by Crippen LogP contribution is -1.94. The lowest BCUT2D eigenvalue weighted by molar-refractivity contribution is 0.627. The number of halogens is 4. The average Bonchev–Trinajstić information content (AvgIpc) is 4.04. The fourth-order valence-corrected chi connectivity index (χ4v) is 13.7. The van der Waals surface area contributed by atoms with E-state index in [-0.39, 0.29) is 23.3 Å². The topological polar surface area (TPSA) is 0 Å². The molecular formula is C68H32F4. The van der Waals surface area contributed by atoms with E-state index >= 15 is 4.39 Å². The van der Waals surface area contributed by atoms with Crippen LogP contribution in [0.1, 0.15) is 0 Å². The van der Waals surface area contributed by atoms with Crippen molar-refractivity contribution in [3.8, 4) is 55.6 Å². The molecule has 0 aliphatic heterocycles. The molecule has 0 nitrogen and oxygen atoms in total. The van der Waals surface area contributed by atoms with E-state index in [2.05, 4.69) is 103 Å². The predicted molar refractivity (Wildman–Crippen MR) is 293 cm³/mol. The van der Waals surface area contributed by atoms with Gasteiger partial charge in [0.2, 0.25) is 0 Å². The van der Waals surface area contributed by atoms with Gasteiger partial charge in [-0.1, -0.05) is 133 Å². The maximum atomic E-state index is 15.2. The molecule has 4 heteroatoms. The van der Waals surface area contributed by atoms with Crippen LogP contribution in [-0.2, 0) is 0 Å². The lowest BCUT2D eigenvalue weighted by atomic mass is 9.82. The number of fused-ring (bicyclic) bond motifs is 14. The zero-order valence-electron chi connectivity index (χ0n) is 38.0. The van der Waals surface area contributed by atoms with E-state index in [0.717, 1.165) is 158 Å². The van der Waals surface area contributed by atoms with Crippen LogP contribution in [0.4, 0.5) is 17.6 Å². The van der Waals surface area contributed by atoms with Gasteiger partial charge in [-0.05, 0) is 235 Å². The molecule has 16 aromatic rings. The molecule has 17 rings (SSSR count). The second kappa shape index (κ2) is 13.4. The second-order valence-corrected chi connectivity index (χ2v) is 19.8. The molecule has 0 amide bonds. The summed E-state index contributed by atoms with van der Waals surface area (Å²) in [5.74, 6) is -1.16. The first-order chi connectivity index (χ1) is 35.4. The monoisotopic (exact) mass is 924 g/mol. The molecule has 0 unspecified atom stereocenters. The van der Waals surface area contributed by atoms with Crippen molar-refractivity contribution in [3.05, 3.63) is 217 Å². The van der Waals surface area contributed by atoms with Gasteiger partial charge in [0.1, 0.15) is 23.3 Å². The van der Waals surface area contributed by atoms with Crippen molar-refractivity contribution in [1.29, 1.82) is 0 Å². The zero-order valence-corrected chi connectivity index (χ0v) is 38.0. The van der Waals surface area contributed by atoms with E-state index in [1.54, 1.807) is 36.4 Å². The van der Waals surface area contributed by atoms with Crippen molar-refractivity contribution >= 4 is 118 Å². The van der Waals surface area contributed by atoms with E-state index in [0.29, 0.717) is 0 Å². The van der Waals surface area contributed by atoms with Crippen LogP contribution in [0.15, 0.2) is 194 Å². The van der Waals surface area contributed by atoms with Crippen molar-refractivity contribution in [2.24, 2.45) is 0 Å². The Morgan fingerprint density at radius 2 is 0.569 bits per heavy atom. The molecule has 0 N–H and O–H groups in total. The summed E-state index contributed by atoms with van der Waals surface area (Å²) in [6.45, 7) is 0. The van der Waals surface area contributed by atoms with Crippen LogP contribution in [0.5, 0.6) is 0 Å². The van der Waals surface area contributed by atoms with Gasteiger partial charge in [-0.2, -0.15) is 0 Å². The number of benzene rings is 14. The minimum atomic E-state index is -0.296. The summed E-state index contributed by atoms with van der Waals surface area (Å²) in [6.07, 6.45) is 0. The van der Waals surface area contributed by atoms with Gasteiger partial charge in [0.05, 0.1) is 0 Å². The van der Waals surface area contributed by atoms with Crippen LogP contribution in [-0.4, -0.2) is 0 Å². The normalized spacial score (nSPS) is 12.7. The largest absolute Gasteiger partial charge is 0.207 e. The maximum Gasteiger partial charge on any atom is 0.123 e. The van der Waals surface area contributed by atoms with Crippen molar-refractivity contribution in [3.63, 3.8) is 0 Å². The number of rotatable bonds is 3. The second-order valence-electron chi connectivity index (χ2n) is 19.8. The van der Waals surface area contributed by atoms with Gasteiger partial charge in [0, 0.05) is 0 Å². The van der Waals surface area contributed by atoms with Crippen LogP contribution in [0, 0.1) is 23.3 Å². The third-order valence-electron chi connectivity index (χ3n) is 16.4. The van der Waals surface area contributed by atoms with Gasteiger partial charge in [-0.25, -0.2) is 17.6 Å². The Hall–Kier alpha value is -9.12. The van der Waals surface area contributed by atoms with E-state index in [1.165, 1.54) is 28.3 Å². The smallest absolute Gasteiger partial charge is 0.123 e. The third kappa shape index (κ3) is 4.73. The van der Waals surface area contributed by atoms with Crippen LogP contribution >= 0.6 is 0 Å². The Morgan fingerprint density at radius 1 is 0.194 bits per heavy atom. The summed E-state index contributed by atoms with van der Waals surface area (Å²) >= 11 is 0. The highest BCUT2D eigenvalue weighted by molar-refractivity contribution is 6.51. The summed E-state index contributed by atoms with van der Waals surface area (Å²) in [6, 6.07) is 63.2. The first-order valence-electron chi connectivity index (χ1n) is 24.3. The third-order valence-corrected chi connectivity index (χ3v) is 16.4. The van der Waals surface area contributed by atoms with Crippen molar-refractivity contribution in [2.45, 2.75) is 0 Å². The Labute approximate surface area is 407 Å². The van der Waals surface area contributed by atoms with Gasteiger partial charge in [0.15, 0.2) is 0 Å². The molecule has 0 aromatic heterocycles. The molecule has 332 valence electrons. The minimum Gasteiger partial charge on any atom is -0.207 e. The van der Waals surface area contributed by atoms with Crippen molar-refractivity contribution < 1.29 is 17.6 Å². The minimum absolute atomic E-state index is 0.276. The molecule has 72 heavy (non-hydrogen) atoms. The molecule has 0 atom stereocenters. The number of hydrogen-bond acceptors (Lipinski definition) is 0. The predicted octanol–water partition coefficient (Wildman–Crippen LogP) is 19.9. The molecule has 0 heterocycles. The summed E-state index contributed by atoms with van der Waals surface area (Å²) in [5, 5.41) is 24.1. The van der Waals surface area contributed by atoms with Crippen molar-refractivity contribution in [2.75, 3.05) is 0 Å². The van der Waals surface area contributed by atoms with E-state index in [4.69, 9.17) is 0 Å². The molecular weight excluding hydrogens is 893 g/mol. The van der Waals surface area contributed by atoms with Gasteiger partial charge < -0.3 is 0 Å². The van der Waals surface area contributed by atoms with Crippen LogP contribution < -0.4 is 0 Å². The molecule has 0 bridgehead atoms. The molecule has 0 saturated heterocycles. The van der Waals surface area contributed by atoms with E-state index < -0.39 is 0 Å². The summed E-state index contributed by atoms with van der Waals surface area (Å²) < 4.78 is 59.5. The van der Waals surface area contributed by atoms with Gasteiger partial charge in [-0.15, -0.1) is 0 Å². The van der Waals surface area contributed by atoms with Crippen LogP contribution in [0.25, 0.3) is 174 Å². The highest BCUT2D eigenvalue weighted by atomic mass is 19.1. The van der Waals surface area contributed by atoms with Gasteiger partial charge in [-0.3, -0.25) is 0 Å². The highest BCUT2D eigenvalue weighted by Crippen LogP contribution is 2.61. The maximum absolute atomic E-state index is 15.2. The fraction of sp³-hybridized carbons (Fsp3) is 0. The summed E-state index contributed by atoms with van der Waals surface area (Å²) in [4.78, 5) is 0. The Bertz CT molecular complexity index is 4920. The lowest BCUT2D eigenvalue weighted by Gasteiger charge is -2.21. The molecule has 0 saturated carbocycles. The fourth-order valence-electron chi connectivity index (χ4n) is 13.7. The van der Waals surface area contributed by atoms with Crippen LogP contribution in [0.3, 0.4) is 0 Å². The Morgan fingerprint density at radius 3 is 1.12 bits per heavy atom. The zero-order chi connectivity index (χ0) is 47.4. The quantitative estimate of drug-likeness (QED) is 0.0941. The average molecular weight is 925 g/mol. The molecule has 16 aromatic carbocycles. The summed E-state index contributed by atoms with van der Waals surface area (Å²) in [5.41, 5.74) is 10.2. The summed E-state index contributed by atoms with van der Waals surface area (Å²) in [7, 11) is 0. The first kappa shape index (κ1) is 38.7. The van der Waals surface area contributed by atoms with Gasteiger partial charge >= 0.3 is 0 Å². The first-order valence-corrected chi connectivity index (χ1v) is 24.3. The molecule has 0 fully saturated rings. The Kier molecular flexibility index (Phi) is 7.20.